The summed E-state index contributed by atoms with van der Waals surface area (Å²) in [5.74, 6) is -4.40. The van der Waals surface area contributed by atoms with Crippen LogP contribution >= 0.6 is 23.1 Å². The van der Waals surface area contributed by atoms with Gasteiger partial charge in [-0.3, -0.25) is 23.7 Å². The number of carbonyl (C=O) groups excluding carboxylic acids is 4. The van der Waals surface area contributed by atoms with Crippen molar-refractivity contribution in [2.24, 2.45) is 11.7 Å². The number of benzene rings is 2. The second-order valence-corrected chi connectivity index (χ2v) is 10.3. The Bertz CT molecular complexity index is 1470. The maximum atomic E-state index is 13.2. The van der Waals surface area contributed by atoms with Gasteiger partial charge >= 0.3 is 10.9 Å². The van der Waals surface area contributed by atoms with Gasteiger partial charge in [0.25, 0.3) is 5.91 Å². The largest absolute Gasteiger partial charge is 0.508 e. The van der Waals surface area contributed by atoms with E-state index in [0.717, 1.165) is 23.1 Å². The molecular weight excluding hydrogens is 511 g/mol. The number of hydrogen-bond donors (Lipinski definition) is 3. The number of thiazole rings is 1. The van der Waals surface area contributed by atoms with E-state index in [9.17, 15) is 33.5 Å². The molecule has 5 rings (SSSR count). The number of hydrogen-bond acceptors (Lipinski definition) is 8. The number of imide groups is 3. The maximum Gasteiger partial charge on any atom is 0.328 e. The van der Waals surface area contributed by atoms with Crippen LogP contribution in [0, 0.1) is 11.7 Å². The monoisotopic (exact) mass is 528 g/mol. The predicted octanol–water partition coefficient (Wildman–Crippen LogP) is 2.06. The lowest BCUT2D eigenvalue weighted by molar-refractivity contribution is -0.135. The lowest BCUT2D eigenvalue weighted by Gasteiger charge is -2.30. The van der Waals surface area contributed by atoms with E-state index in [1.54, 1.807) is 12.1 Å². The van der Waals surface area contributed by atoms with Gasteiger partial charge < -0.3 is 16.2 Å². The molecule has 10 nitrogen and oxygen atoms in total. The molecule has 2 aliphatic heterocycles. The number of phenolic OH excluding ortho intramolecular Hbond substituents is 1. The summed E-state index contributed by atoms with van der Waals surface area (Å²) in [6.45, 7) is -0.392. The SMILES string of the molecule is NC(=O)N1C(=O)C2Sc3c(sc(=O)n3CC(=O)Nc3ccc(F)cc3)[C@@H](c3ccc(O)cc3)C2C1=O. The van der Waals surface area contributed by atoms with Gasteiger partial charge in [-0.05, 0) is 42.0 Å². The number of carbonyl (C=O) groups is 4. The minimum absolute atomic E-state index is 0.0171. The number of fused-ring (bicyclic) bond motifs is 2. The zero-order valence-electron chi connectivity index (χ0n) is 18.2. The third-order valence-corrected chi connectivity index (χ3v) is 8.56. The number of likely N-dealkylation sites (tertiary alicyclic amines) is 1. The van der Waals surface area contributed by atoms with E-state index in [1.807, 2.05) is 0 Å². The molecule has 0 radical (unpaired) electrons. The molecule has 184 valence electrons. The molecule has 0 saturated carbocycles. The number of nitrogens with zero attached hydrogens (tertiary/aromatic N) is 2. The normalized spacial score (nSPS) is 20.7. The second kappa shape index (κ2) is 8.91. The van der Waals surface area contributed by atoms with E-state index >= 15 is 0 Å². The molecule has 2 aliphatic rings. The number of rotatable bonds is 4. The number of urea groups is 1. The molecule has 5 amide bonds. The molecule has 1 fully saturated rings. The van der Waals surface area contributed by atoms with Crippen molar-refractivity contribution < 1.29 is 28.7 Å². The number of amides is 5. The molecule has 13 heteroatoms. The summed E-state index contributed by atoms with van der Waals surface area (Å²) in [4.78, 5) is 64.0. The summed E-state index contributed by atoms with van der Waals surface area (Å²) in [6, 6.07) is 9.88. The number of nitrogens with one attached hydrogen (secondary N) is 1. The zero-order chi connectivity index (χ0) is 25.7. The summed E-state index contributed by atoms with van der Waals surface area (Å²) in [6.07, 6.45) is 0. The average Bonchev–Trinajstić information content (AvgIpc) is 3.27. The van der Waals surface area contributed by atoms with Crippen molar-refractivity contribution >= 4 is 52.5 Å². The van der Waals surface area contributed by atoms with Crippen molar-refractivity contribution in [2.75, 3.05) is 5.32 Å². The van der Waals surface area contributed by atoms with Crippen LogP contribution in [0.1, 0.15) is 16.4 Å². The highest BCUT2D eigenvalue weighted by atomic mass is 32.2. The highest BCUT2D eigenvalue weighted by molar-refractivity contribution is 8.00. The second-order valence-electron chi connectivity index (χ2n) is 8.16. The highest BCUT2D eigenvalue weighted by Crippen LogP contribution is 2.53. The molecule has 2 aromatic carbocycles. The Kier molecular flexibility index (Phi) is 5.88. The Labute approximate surface area is 210 Å². The number of aromatic hydroxyl groups is 1. The van der Waals surface area contributed by atoms with E-state index in [1.165, 1.54) is 41.0 Å². The van der Waals surface area contributed by atoms with E-state index in [0.29, 0.717) is 26.1 Å². The van der Waals surface area contributed by atoms with Gasteiger partial charge in [0.1, 0.15) is 23.4 Å². The van der Waals surface area contributed by atoms with Crippen LogP contribution in [0.15, 0.2) is 58.4 Å². The molecule has 3 heterocycles. The van der Waals surface area contributed by atoms with E-state index in [2.05, 4.69) is 5.32 Å². The molecule has 3 aromatic rings. The summed E-state index contributed by atoms with van der Waals surface area (Å²) >= 11 is 1.77. The van der Waals surface area contributed by atoms with Crippen LogP contribution in [-0.4, -0.2) is 43.6 Å². The van der Waals surface area contributed by atoms with Gasteiger partial charge in [0.15, 0.2) is 0 Å². The Balaban J connectivity index is 1.55. The van der Waals surface area contributed by atoms with Crippen molar-refractivity contribution in [3.63, 3.8) is 0 Å². The fraction of sp³-hybridized carbons (Fsp3) is 0.174. The number of primary amides is 1. The van der Waals surface area contributed by atoms with Crippen LogP contribution < -0.4 is 15.9 Å². The average molecular weight is 529 g/mol. The minimum atomic E-state index is -1.19. The number of anilines is 1. The first kappa shape index (κ1) is 23.8. The van der Waals surface area contributed by atoms with E-state index in [4.69, 9.17) is 5.73 Å². The fourth-order valence-corrected chi connectivity index (χ4v) is 7.16. The van der Waals surface area contributed by atoms with Crippen LogP contribution in [-0.2, 0) is 20.9 Å². The number of halogens is 1. The van der Waals surface area contributed by atoms with Crippen LogP contribution in [0.3, 0.4) is 0 Å². The minimum Gasteiger partial charge on any atom is -0.508 e. The summed E-state index contributed by atoms with van der Waals surface area (Å²) in [7, 11) is 0. The van der Waals surface area contributed by atoms with Gasteiger partial charge in [-0.15, -0.1) is 0 Å². The van der Waals surface area contributed by atoms with Crippen LogP contribution in [0.25, 0.3) is 0 Å². The van der Waals surface area contributed by atoms with Gasteiger partial charge in [-0.1, -0.05) is 35.2 Å². The summed E-state index contributed by atoms with van der Waals surface area (Å²) in [5, 5.41) is 11.6. The van der Waals surface area contributed by atoms with E-state index < -0.39 is 58.1 Å². The first-order chi connectivity index (χ1) is 17.2. The number of thioether (sulfide) groups is 1. The van der Waals surface area contributed by atoms with Crippen LogP contribution in [0.4, 0.5) is 14.9 Å². The molecule has 36 heavy (non-hydrogen) atoms. The highest BCUT2D eigenvalue weighted by Gasteiger charge is 2.57. The molecule has 4 N–H and O–H groups in total. The Morgan fingerprint density at radius 3 is 2.33 bits per heavy atom. The first-order valence-electron chi connectivity index (χ1n) is 10.6. The van der Waals surface area contributed by atoms with E-state index in [-0.39, 0.29) is 5.75 Å². The predicted molar refractivity (Wildman–Crippen MR) is 128 cm³/mol. The Morgan fingerprint density at radius 2 is 1.69 bits per heavy atom. The van der Waals surface area contributed by atoms with Crippen molar-refractivity contribution in [2.45, 2.75) is 22.7 Å². The molecule has 2 unspecified atom stereocenters. The summed E-state index contributed by atoms with van der Waals surface area (Å²) in [5.41, 5.74) is 6.17. The quantitative estimate of drug-likeness (QED) is 0.439. The number of phenols is 1. The summed E-state index contributed by atoms with van der Waals surface area (Å²) < 4.78 is 14.4. The zero-order valence-corrected chi connectivity index (χ0v) is 19.8. The van der Waals surface area contributed by atoms with Crippen molar-refractivity contribution in [1.82, 2.24) is 9.47 Å². The van der Waals surface area contributed by atoms with Crippen molar-refractivity contribution in [3.05, 3.63) is 74.5 Å². The smallest absolute Gasteiger partial charge is 0.328 e. The molecule has 0 aliphatic carbocycles. The van der Waals surface area contributed by atoms with Crippen molar-refractivity contribution in [1.29, 1.82) is 0 Å². The first-order valence-corrected chi connectivity index (χ1v) is 12.3. The molecule has 3 atom stereocenters. The Morgan fingerprint density at radius 1 is 1.03 bits per heavy atom. The van der Waals surface area contributed by atoms with Gasteiger partial charge in [-0.25, -0.2) is 9.18 Å². The van der Waals surface area contributed by atoms with Crippen LogP contribution in [0.5, 0.6) is 5.75 Å². The van der Waals surface area contributed by atoms with Gasteiger partial charge in [0.2, 0.25) is 11.8 Å². The third-order valence-electron chi connectivity index (χ3n) is 5.95. The van der Waals surface area contributed by atoms with Crippen molar-refractivity contribution in [3.8, 4) is 5.75 Å². The third kappa shape index (κ3) is 3.95. The van der Waals surface area contributed by atoms with Gasteiger partial charge in [0, 0.05) is 16.5 Å². The molecule has 1 aromatic heterocycles. The Hall–Kier alpha value is -3.97. The number of aromatic nitrogens is 1. The lowest BCUT2D eigenvalue weighted by Crippen LogP contribution is -2.41. The number of nitrogens with two attached hydrogens (primary N) is 1. The lowest BCUT2D eigenvalue weighted by atomic mass is 9.83. The molecular formula is C23H17FN4O6S2. The fourth-order valence-electron chi connectivity index (χ4n) is 4.39. The topological polar surface area (TPSA) is 152 Å². The molecule has 0 spiro atoms. The maximum absolute atomic E-state index is 13.2. The molecule has 0 bridgehead atoms. The molecule has 1 saturated heterocycles. The van der Waals surface area contributed by atoms with Gasteiger partial charge in [0.05, 0.1) is 10.9 Å². The van der Waals surface area contributed by atoms with Gasteiger partial charge in [-0.2, -0.15) is 4.90 Å². The standard InChI is InChI=1S/C23H17FN4O6S2/c24-11-3-5-12(6-4-11)26-14(30)9-27-21-18(36-23(27)34)15(10-1-7-13(29)8-2-10)16-17(35-21)20(32)28(19(16)31)22(25)33/h1-8,15-17,29H,9H2,(H2,25,33)(H,26,30)/t15-,16?,17?/m0/s1. The van der Waals surface area contributed by atoms with Crippen LogP contribution in [0.2, 0.25) is 0 Å².